The molecule has 0 amide bonds. The van der Waals surface area contributed by atoms with Crippen LogP contribution in [0.15, 0.2) is 45.8 Å². The molecule has 19 heavy (non-hydrogen) atoms. The molecule has 0 radical (unpaired) electrons. The van der Waals surface area contributed by atoms with Crippen LogP contribution in [0.1, 0.15) is 11.3 Å². The fourth-order valence-corrected chi connectivity index (χ4v) is 1.68. The fourth-order valence-electron chi connectivity index (χ4n) is 1.54. The summed E-state index contributed by atoms with van der Waals surface area (Å²) in [4.78, 5) is 11.7. The first-order valence-electron chi connectivity index (χ1n) is 5.66. The Kier molecular flexibility index (Phi) is 4.47. The molecule has 1 heterocycles. The molecule has 1 aromatic carbocycles. The van der Waals surface area contributed by atoms with Crippen LogP contribution in [0.5, 0.6) is 11.5 Å². The van der Waals surface area contributed by atoms with Crippen LogP contribution in [0, 0.1) is 0 Å². The lowest BCUT2D eigenvalue weighted by Crippen LogP contribution is -2.07. The minimum absolute atomic E-state index is 0.158. The van der Waals surface area contributed by atoms with E-state index in [1.807, 2.05) is 24.3 Å². The lowest BCUT2D eigenvalue weighted by atomic mass is 10.2. The quantitative estimate of drug-likeness (QED) is 0.790. The van der Waals surface area contributed by atoms with Crippen LogP contribution >= 0.6 is 11.6 Å². The van der Waals surface area contributed by atoms with Crippen LogP contribution < -0.4 is 14.9 Å². The minimum Gasteiger partial charge on any atom is -0.497 e. The standard InChI is InChI=1S/C14H13ClO4/c1-17-11-4-2-3-10(5-11)8-19-14-9-18-12(7-15)6-13(14)16/h2-6,9H,7-8H2,1H3. The Bertz CT molecular complexity index is 606. The van der Waals surface area contributed by atoms with Gasteiger partial charge in [-0.25, -0.2) is 0 Å². The zero-order chi connectivity index (χ0) is 13.7. The zero-order valence-corrected chi connectivity index (χ0v) is 11.1. The van der Waals surface area contributed by atoms with E-state index < -0.39 is 0 Å². The second-order valence-corrected chi connectivity index (χ2v) is 4.12. The summed E-state index contributed by atoms with van der Waals surface area (Å²) in [5.74, 6) is 1.48. The first-order valence-corrected chi connectivity index (χ1v) is 6.20. The highest BCUT2D eigenvalue weighted by Crippen LogP contribution is 2.15. The summed E-state index contributed by atoms with van der Waals surface area (Å²) in [6, 6.07) is 8.75. The van der Waals surface area contributed by atoms with E-state index in [-0.39, 0.29) is 23.7 Å². The second kappa shape index (κ2) is 6.29. The van der Waals surface area contributed by atoms with Crippen molar-refractivity contribution >= 4 is 11.6 Å². The van der Waals surface area contributed by atoms with Crippen LogP contribution in [0.2, 0.25) is 0 Å². The van der Waals surface area contributed by atoms with Gasteiger partial charge in [-0.05, 0) is 17.7 Å². The Morgan fingerprint density at radius 3 is 2.84 bits per heavy atom. The molecule has 0 saturated carbocycles. The van der Waals surface area contributed by atoms with Crippen molar-refractivity contribution in [1.29, 1.82) is 0 Å². The molecule has 100 valence electrons. The molecule has 0 N–H and O–H groups in total. The van der Waals surface area contributed by atoms with Crippen LogP contribution in [-0.4, -0.2) is 7.11 Å². The maximum atomic E-state index is 11.7. The average Bonchev–Trinajstić information content (AvgIpc) is 2.46. The Labute approximate surface area is 115 Å². The van der Waals surface area contributed by atoms with E-state index in [1.165, 1.54) is 12.3 Å². The van der Waals surface area contributed by atoms with E-state index in [1.54, 1.807) is 7.11 Å². The smallest absolute Gasteiger partial charge is 0.227 e. The Morgan fingerprint density at radius 2 is 2.16 bits per heavy atom. The monoisotopic (exact) mass is 280 g/mol. The molecule has 0 fully saturated rings. The molecule has 0 spiro atoms. The molecule has 0 aliphatic carbocycles. The number of benzene rings is 1. The van der Waals surface area contributed by atoms with Gasteiger partial charge < -0.3 is 13.9 Å². The topological polar surface area (TPSA) is 48.7 Å². The third-order valence-electron chi connectivity index (χ3n) is 2.51. The number of hydrogen-bond acceptors (Lipinski definition) is 4. The minimum atomic E-state index is -0.246. The molecule has 0 aliphatic rings. The molecule has 0 aliphatic heterocycles. The van der Waals surface area contributed by atoms with E-state index >= 15 is 0 Å². The van der Waals surface area contributed by atoms with Gasteiger partial charge in [0.1, 0.15) is 24.4 Å². The lowest BCUT2D eigenvalue weighted by molar-refractivity contribution is 0.289. The fraction of sp³-hybridized carbons (Fsp3) is 0.214. The molecule has 0 saturated heterocycles. The van der Waals surface area contributed by atoms with Gasteiger partial charge in [0.2, 0.25) is 11.2 Å². The molecule has 0 bridgehead atoms. The number of rotatable bonds is 5. The number of hydrogen-bond donors (Lipinski definition) is 0. The predicted octanol–water partition coefficient (Wildman–Crippen LogP) is 2.97. The van der Waals surface area contributed by atoms with E-state index in [9.17, 15) is 4.79 Å². The Morgan fingerprint density at radius 1 is 1.32 bits per heavy atom. The van der Waals surface area contributed by atoms with Crippen molar-refractivity contribution < 1.29 is 13.9 Å². The van der Waals surface area contributed by atoms with Gasteiger partial charge >= 0.3 is 0 Å². The van der Waals surface area contributed by atoms with Gasteiger partial charge in [-0.15, -0.1) is 11.6 Å². The first kappa shape index (κ1) is 13.5. The van der Waals surface area contributed by atoms with Crippen LogP contribution in [0.25, 0.3) is 0 Å². The predicted molar refractivity (Wildman–Crippen MR) is 71.9 cm³/mol. The van der Waals surface area contributed by atoms with Gasteiger partial charge in [0.15, 0.2) is 0 Å². The maximum Gasteiger partial charge on any atom is 0.227 e. The van der Waals surface area contributed by atoms with Crippen molar-refractivity contribution in [2.45, 2.75) is 12.5 Å². The molecule has 2 rings (SSSR count). The largest absolute Gasteiger partial charge is 0.497 e. The highest BCUT2D eigenvalue weighted by atomic mass is 35.5. The summed E-state index contributed by atoms with van der Waals surface area (Å²) < 4.78 is 15.7. The second-order valence-electron chi connectivity index (χ2n) is 3.85. The van der Waals surface area contributed by atoms with Crippen LogP contribution in [0.4, 0.5) is 0 Å². The van der Waals surface area contributed by atoms with Crippen molar-refractivity contribution in [3.8, 4) is 11.5 Å². The average molecular weight is 281 g/mol. The SMILES string of the molecule is COc1cccc(COc2coc(CCl)cc2=O)c1. The maximum absolute atomic E-state index is 11.7. The van der Waals surface area contributed by atoms with Crippen LogP contribution in [-0.2, 0) is 12.5 Å². The van der Waals surface area contributed by atoms with Crippen molar-refractivity contribution in [2.75, 3.05) is 7.11 Å². The molecule has 4 nitrogen and oxygen atoms in total. The molecular weight excluding hydrogens is 268 g/mol. The van der Waals surface area contributed by atoms with Gasteiger partial charge in [-0.3, -0.25) is 4.79 Å². The zero-order valence-electron chi connectivity index (χ0n) is 10.4. The molecule has 1 aromatic heterocycles. The van der Waals surface area contributed by atoms with Crippen molar-refractivity contribution in [1.82, 2.24) is 0 Å². The summed E-state index contributed by atoms with van der Waals surface area (Å²) in [5, 5.41) is 0. The number of alkyl halides is 1. The Balaban J connectivity index is 2.08. The number of halogens is 1. The summed E-state index contributed by atoms with van der Waals surface area (Å²) in [6.07, 6.45) is 1.28. The van der Waals surface area contributed by atoms with Gasteiger partial charge in [0.05, 0.1) is 13.0 Å². The van der Waals surface area contributed by atoms with Crippen molar-refractivity contribution in [3.63, 3.8) is 0 Å². The molecule has 5 heteroatoms. The van der Waals surface area contributed by atoms with Gasteiger partial charge in [0, 0.05) is 6.07 Å². The Hall–Kier alpha value is -1.94. The highest BCUT2D eigenvalue weighted by molar-refractivity contribution is 6.16. The molecular formula is C14H13ClO4. The number of ether oxygens (including phenoxy) is 2. The summed E-state index contributed by atoms with van der Waals surface area (Å²) in [5.41, 5.74) is 0.657. The van der Waals surface area contributed by atoms with E-state index in [0.717, 1.165) is 11.3 Å². The summed E-state index contributed by atoms with van der Waals surface area (Å²) in [7, 11) is 1.60. The number of methoxy groups -OCH3 is 1. The van der Waals surface area contributed by atoms with E-state index in [2.05, 4.69) is 0 Å². The van der Waals surface area contributed by atoms with E-state index in [4.69, 9.17) is 25.5 Å². The summed E-state index contributed by atoms with van der Waals surface area (Å²) >= 11 is 5.57. The molecule has 0 atom stereocenters. The third kappa shape index (κ3) is 3.51. The van der Waals surface area contributed by atoms with Gasteiger partial charge in [-0.1, -0.05) is 12.1 Å². The van der Waals surface area contributed by atoms with Gasteiger partial charge in [0.25, 0.3) is 0 Å². The molecule has 2 aromatic rings. The molecule has 0 unspecified atom stereocenters. The summed E-state index contributed by atoms with van der Waals surface area (Å²) in [6.45, 7) is 0.266. The normalized spacial score (nSPS) is 10.2. The first-order chi connectivity index (χ1) is 9.22. The lowest BCUT2D eigenvalue weighted by Gasteiger charge is -2.06. The van der Waals surface area contributed by atoms with E-state index in [0.29, 0.717) is 5.76 Å². The third-order valence-corrected chi connectivity index (χ3v) is 2.78. The highest BCUT2D eigenvalue weighted by Gasteiger charge is 2.05. The van der Waals surface area contributed by atoms with Gasteiger partial charge in [-0.2, -0.15) is 0 Å². The van der Waals surface area contributed by atoms with Crippen molar-refractivity contribution in [3.05, 3.63) is 58.1 Å². The van der Waals surface area contributed by atoms with Crippen LogP contribution in [0.3, 0.4) is 0 Å². The van der Waals surface area contributed by atoms with Crippen molar-refractivity contribution in [2.24, 2.45) is 0 Å².